The molecule has 0 atom stereocenters. The van der Waals surface area contributed by atoms with Crippen molar-refractivity contribution in [2.45, 2.75) is 19.3 Å². The summed E-state index contributed by atoms with van der Waals surface area (Å²) >= 11 is 0. The Kier molecular flexibility index (Phi) is 5.37. The van der Waals surface area contributed by atoms with Gasteiger partial charge in [-0.3, -0.25) is 0 Å². The Morgan fingerprint density at radius 1 is 0.404 bits per heavy atom. The number of aromatic nitrogens is 2. The van der Waals surface area contributed by atoms with Crippen molar-refractivity contribution >= 4 is 43.6 Å². The van der Waals surface area contributed by atoms with Crippen LogP contribution in [-0.2, 0) is 5.41 Å². The van der Waals surface area contributed by atoms with E-state index in [9.17, 15) is 0 Å². The van der Waals surface area contributed by atoms with Gasteiger partial charge in [0.05, 0.1) is 22.1 Å². The number of rotatable bonds is 3. The van der Waals surface area contributed by atoms with Crippen LogP contribution in [0.5, 0.6) is 0 Å². The van der Waals surface area contributed by atoms with Crippen molar-refractivity contribution in [3.63, 3.8) is 0 Å². The molecule has 7 aromatic carbocycles. The molecule has 10 rings (SSSR count). The second-order valence-electron chi connectivity index (χ2n) is 13.4. The third kappa shape index (κ3) is 3.61. The lowest BCUT2D eigenvalue weighted by molar-refractivity contribution is 0.666. The Hall–Kier alpha value is -5.86. The zero-order valence-corrected chi connectivity index (χ0v) is 26.4. The smallest absolute Gasteiger partial charge is 0.0547 e. The molecule has 1 aliphatic rings. The SMILES string of the molecule is CC1(C)c2ccccc2-c2ccc3c(c21)c1cc(-c2ccc4c5ccccc5n(-c5ccccc5)c4c2)ccc1n3-c1ccccc1. The van der Waals surface area contributed by atoms with Crippen LogP contribution < -0.4 is 0 Å². The maximum atomic E-state index is 2.45. The minimum atomic E-state index is -0.118. The first kappa shape index (κ1) is 26.4. The van der Waals surface area contributed by atoms with E-state index < -0.39 is 0 Å². The summed E-state index contributed by atoms with van der Waals surface area (Å²) in [5, 5.41) is 5.19. The van der Waals surface area contributed by atoms with E-state index in [0.29, 0.717) is 0 Å². The highest BCUT2D eigenvalue weighted by Crippen LogP contribution is 2.53. The topological polar surface area (TPSA) is 9.86 Å². The standard InChI is InChI=1S/C45H32N2/c1-45(2)38-19-11-9-17-33(38)36-24-26-41-43(44(36)45)37-27-29(22-25-40(37)46(41)31-13-5-3-6-14-31)30-21-23-35-34-18-10-12-20-39(34)47(42(35)28-30)32-15-7-4-8-16-32/h3-28H,1-2H3. The largest absolute Gasteiger partial charge is 0.309 e. The maximum Gasteiger partial charge on any atom is 0.0547 e. The molecule has 0 amide bonds. The maximum absolute atomic E-state index is 2.45. The molecular formula is C45H32N2. The van der Waals surface area contributed by atoms with E-state index in [1.54, 1.807) is 0 Å². The number of benzene rings is 7. The monoisotopic (exact) mass is 600 g/mol. The minimum absolute atomic E-state index is 0.118. The molecule has 0 aliphatic heterocycles. The van der Waals surface area contributed by atoms with Crippen molar-refractivity contribution in [1.82, 2.24) is 9.13 Å². The lowest BCUT2D eigenvalue weighted by atomic mass is 9.80. The summed E-state index contributed by atoms with van der Waals surface area (Å²) in [7, 11) is 0. The zero-order valence-electron chi connectivity index (χ0n) is 26.4. The van der Waals surface area contributed by atoms with Gasteiger partial charge in [0.15, 0.2) is 0 Å². The fourth-order valence-corrected chi connectivity index (χ4v) is 8.42. The highest BCUT2D eigenvalue weighted by atomic mass is 15.0. The van der Waals surface area contributed by atoms with E-state index in [4.69, 9.17) is 0 Å². The molecule has 2 heteroatoms. The molecule has 0 N–H and O–H groups in total. The van der Waals surface area contributed by atoms with Crippen LogP contribution in [0.1, 0.15) is 25.0 Å². The molecule has 0 bridgehead atoms. The van der Waals surface area contributed by atoms with Crippen LogP contribution in [-0.4, -0.2) is 9.13 Å². The van der Waals surface area contributed by atoms with Gasteiger partial charge in [-0.15, -0.1) is 0 Å². The normalized spacial score (nSPS) is 13.5. The molecule has 0 spiro atoms. The van der Waals surface area contributed by atoms with Gasteiger partial charge in [-0.05, 0) is 88.0 Å². The number of para-hydroxylation sites is 3. The van der Waals surface area contributed by atoms with E-state index in [0.717, 1.165) is 0 Å². The Bertz CT molecular complexity index is 2690. The van der Waals surface area contributed by atoms with Gasteiger partial charge in [-0.25, -0.2) is 0 Å². The van der Waals surface area contributed by atoms with Gasteiger partial charge >= 0.3 is 0 Å². The Morgan fingerprint density at radius 3 is 1.77 bits per heavy atom. The van der Waals surface area contributed by atoms with E-state index in [2.05, 4.69) is 181 Å². The van der Waals surface area contributed by atoms with Gasteiger partial charge in [-0.1, -0.05) is 117 Å². The molecule has 47 heavy (non-hydrogen) atoms. The van der Waals surface area contributed by atoms with Gasteiger partial charge in [0.1, 0.15) is 0 Å². The lowest BCUT2D eigenvalue weighted by Gasteiger charge is -2.22. The Balaban J connectivity index is 1.27. The number of hydrogen-bond acceptors (Lipinski definition) is 0. The molecule has 0 saturated heterocycles. The number of nitrogens with zero attached hydrogens (tertiary/aromatic N) is 2. The first-order valence-electron chi connectivity index (χ1n) is 16.5. The van der Waals surface area contributed by atoms with E-state index >= 15 is 0 Å². The van der Waals surface area contributed by atoms with Crippen LogP contribution in [0, 0.1) is 0 Å². The average Bonchev–Trinajstić information content (AvgIpc) is 3.71. The van der Waals surface area contributed by atoms with E-state index in [-0.39, 0.29) is 5.41 Å². The third-order valence-corrected chi connectivity index (χ3v) is 10.5. The van der Waals surface area contributed by atoms with Crippen LogP contribution in [0.4, 0.5) is 0 Å². The van der Waals surface area contributed by atoms with Crippen molar-refractivity contribution in [2.24, 2.45) is 0 Å². The zero-order chi connectivity index (χ0) is 31.3. The summed E-state index contributed by atoms with van der Waals surface area (Å²) < 4.78 is 4.85. The molecule has 0 saturated carbocycles. The average molecular weight is 601 g/mol. The second-order valence-corrected chi connectivity index (χ2v) is 13.4. The van der Waals surface area contributed by atoms with Crippen LogP contribution >= 0.6 is 0 Å². The molecule has 0 unspecified atom stereocenters. The van der Waals surface area contributed by atoms with Crippen molar-refractivity contribution in [1.29, 1.82) is 0 Å². The summed E-state index contributed by atoms with van der Waals surface area (Å²) in [6, 6.07) is 57.9. The predicted octanol–water partition coefficient (Wildman–Crippen LogP) is 11.9. The quantitative estimate of drug-likeness (QED) is 0.191. The molecule has 1 aliphatic carbocycles. The van der Waals surface area contributed by atoms with Crippen LogP contribution in [0.15, 0.2) is 158 Å². The summed E-state index contributed by atoms with van der Waals surface area (Å²) in [6.07, 6.45) is 0. The molecule has 0 radical (unpaired) electrons. The fraction of sp³-hybridized carbons (Fsp3) is 0.0667. The molecule has 2 heterocycles. The van der Waals surface area contributed by atoms with Gasteiger partial charge in [0.25, 0.3) is 0 Å². The summed E-state index contributed by atoms with van der Waals surface area (Å²) in [5.74, 6) is 0. The predicted molar refractivity (Wildman–Crippen MR) is 198 cm³/mol. The Morgan fingerprint density at radius 2 is 0.979 bits per heavy atom. The summed E-state index contributed by atoms with van der Waals surface area (Å²) in [5.41, 5.74) is 15.1. The molecule has 222 valence electrons. The van der Waals surface area contributed by atoms with Gasteiger partial charge in [0, 0.05) is 38.3 Å². The number of fused-ring (bicyclic) bond motifs is 10. The van der Waals surface area contributed by atoms with Crippen molar-refractivity contribution < 1.29 is 0 Å². The van der Waals surface area contributed by atoms with E-state index in [1.807, 2.05) is 0 Å². The van der Waals surface area contributed by atoms with Gasteiger partial charge < -0.3 is 9.13 Å². The van der Waals surface area contributed by atoms with Crippen molar-refractivity contribution in [3.05, 3.63) is 169 Å². The Labute approximate surface area is 273 Å². The van der Waals surface area contributed by atoms with Crippen LogP contribution in [0.25, 0.3) is 77.2 Å². The van der Waals surface area contributed by atoms with Gasteiger partial charge in [-0.2, -0.15) is 0 Å². The number of hydrogen-bond donors (Lipinski definition) is 0. The fourth-order valence-electron chi connectivity index (χ4n) is 8.42. The molecule has 2 aromatic heterocycles. The van der Waals surface area contributed by atoms with E-state index in [1.165, 1.54) is 88.4 Å². The second kappa shape index (κ2) is 9.57. The first-order valence-corrected chi connectivity index (χ1v) is 16.5. The molecular weight excluding hydrogens is 569 g/mol. The first-order chi connectivity index (χ1) is 23.1. The summed E-state index contributed by atoms with van der Waals surface area (Å²) in [6.45, 7) is 4.78. The third-order valence-electron chi connectivity index (χ3n) is 10.5. The highest BCUT2D eigenvalue weighted by molar-refractivity contribution is 6.16. The summed E-state index contributed by atoms with van der Waals surface area (Å²) in [4.78, 5) is 0. The van der Waals surface area contributed by atoms with Gasteiger partial charge in [0.2, 0.25) is 0 Å². The molecule has 2 nitrogen and oxygen atoms in total. The van der Waals surface area contributed by atoms with Crippen LogP contribution in [0.3, 0.4) is 0 Å². The van der Waals surface area contributed by atoms with Crippen LogP contribution in [0.2, 0.25) is 0 Å². The van der Waals surface area contributed by atoms with Crippen molar-refractivity contribution in [2.75, 3.05) is 0 Å². The minimum Gasteiger partial charge on any atom is -0.309 e. The lowest BCUT2D eigenvalue weighted by Crippen LogP contribution is -2.15. The highest BCUT2D eigenvalue weighted by Gasteiger charge is 2.38. The molecule has 0 fully saturated rings. The molecule has 9 aromatic rings. The van der Waals surface area contributed by atoms with Crippen molar-refractivity contribution in [3.8, 4) is 33.6 Å².